The first-order valence-electron chi connectivity index (χ1n) is 9.58. The molecular formula is C23H30N4O2. The van der Waals surface area contributed by atoms with Gasteiger partial charge in [0, 0.05) is 50.0 Å². The van der Waals surface area contributed by atoms with E-state index in [9.17, 15) is 4.79 Å². The number of aliphatic imine (C=N–C) groups is 1. The summed E-state index contributed by atoms with van der Waals surface area (Å²) in [7, 11) is 3.78. The average molecular weight is 395 g/mol. The third-order valence-corrected chi connectivity index (χ3v) is 4.90. The molecule has 1 aromatic carbocycles. The number of nitrogens with one attached hydrogen (secondary N) is 2. The van der Waals surface area contributed by atoms with E-state index in [0.717, 1.165) is 23.4 Å². The van der Waals surface area contributed by atoms with Crippen LogP contribution < -0.4 is 10.6 Å². The van der Waals surface area contributed by atoms with Crippen LogP contribution in [0.5, 0.6) is 0 Å². The third-order valence-electron chi connectivity index (χ3n) is 4.90. The molecule has 0 fully saturated rings. The molecule has 0 aliphatic carbocycles. The molecule has 1 aliphatic rings. The summed E-state index contributed by atoms with van der Waals surface area (Å²) in [5, 5.41) is 6.37. The second kappa shape index (κ2) is 10.3. The highest BCUT2D eigenvalue weighted by atomic mass is 16.5. The summed E-state index contributed by atoms with van der Waals surface area (Å²) in [5.41, 5.74) is 3.00. The Morgan fingerprint density at radius 2 is 2.10 bits per heavy atom. The van der Waals surface area contributed by atoms with Crippen LogP contribution >= 0.6 is 0 Å². The standard InChI is InChI=1S/C23H30N4O2/c1-7-20-23(28)29-18(4)22(16(2)12-13-25-20)27(6)15-14-26-21-11-9-8-10-19(21)17(3)24-5/h7-11,14-16,22,24,26H,1,3-4,12-13H2,2,5-6H3/b15-14-,25-20?. The molecule has 2 atom stereocenters. The predicted octanol–water partition coefficient (Wildman–Crippen LogP) is 3.78. The molecule has 0 bridgehead atoms. The second-order valence-electron chi connectivity index (χ2n) is 6.94. The number of para-hydroxylation sites is 1. The lowest BCUT2D eigenvalue weighted by Gasteiger charge is -2.32. The van der Waals surface area contributed by atoms with Gasteiger partial charge < -0.3 is 20.3 Å². The van der Waals surface area contributed by atoms with Crippen LogP contribution in [-0.4, -0.2) is 43.3 Å². The van der Waals surface area contributed by atoms with Crippen LogP contribution in [0.1, 0.15) is 18.9 Å². The lowest BCUT2D eigenvalue weighted by atomic mass is 9.96. The van der Waals surface area contributed by atoms with Crippen LogP contribution in [0.25, 0.3) is 5.70 Å². The lowest BCUT2D eigenvalue weighted by Crippen LogP contribution is -2.36. The number of likely N-dealkylation sites (N-methyl/N-ethyl adjacent to an activating group) is 1. The van der Waals surface area contributed by atoms with Crippen molar-refractivity contribution in [3.8, 4) is 0 Å². The molecule has 1 aromatic rings. The summed E-state index contributed by atoms with van der Waals surface area (Å²) in [6.07, 6.45) is 5.98. The van der Waals surface area contributed by atoms with Crippen LogP contribution in [0, 0.1) is 5.92 Å². The largest absolute Gasteiger partial charge is 0.425 e. The van der Waals surface area contributed by atoms with E-state index in [2.05, 4.69) is 42.3 Å². The van der Waals surface area contributed by atoms with Crippen molar-refractivity contribution in [3.05, 3.63) is 73.8 Å². The number of carbonyl (C=O) groups is 1. The van der Waals surface area contributed by atoms with Gasteiger partial charge in [0.2, 0.25) is 0 Å². The highest BCUT2D eigenvalue weighted by molar-refractivity contribution is 6.41. The van der Waals surface area contributed by atoms with Crippen molar-refractivity contribution in [1.29, 1.82) is 0 Å². The van der Waals surface area contributed by atoms with E-state index >= 15 is 0 Å². The SMILES string of the molecule is C=CC1=NCCC(C)C(N(C)/C=C\Nc2ccccc2C(=C)NC)C(=C)OC1=O. The van der Waals surface area contributed by atoms with E-state index in [-0.39, 0.29) is 17.7 Å². The number of nitrogens with zero attached hydrogens (tertiary/aromatic N) is 2. The number of ether oxygens (including phenoxy) is 1. The molecule has 1 heterocycles. The van der Waals surface area contributed by atoms with E-state index < -0.39 is 5.97 Å². The van der Waals surface area contributed by atoms with E-state index in [0.29, 0.717) is 12.3 Å². The molecule has 2 N–H and O–H groups in total. The van der Waals surface area contributed by atoms with Crippen molar-refractivity contribution in [2.75, 3.05) is 26.0 Å². The van der Waals surface area contributed by atoms with Crippen molar-refractivity contribution in [1.82, 2.24) is 10.2 Å². The first-order valence-corrected chi connectivity index (χ1v) is 9.58. The van der Waals surface area contributed by atoms with Crippen molar-refractivity contribution in [2.24, 2.45) is 10.9 Å². The zero-order chi connectivity index (χ0) is 21.4. The van der Waals surface area contributed by atoms with Crippen molar-refractivity contribution in [3.63, 3.8) is 0 Å². The van der Waals surface area contributed by atoms with Crippen LogP contribution in [-0.2, 0) is 9.53 Å². The number of benzene rings is 1. The maximum atomic E-state index is 12.2. The van der Waals surface area contributed by atoms with Crippen LogP contribution in [0.3, 0.4) is 0 Å². The maximum absolute atomic E-state index is 12.2. The second-order valence-corrected chi connectivity index (χ2v) is 6.94. The van der Waals surface area contributed by atoms with E-state index in [1.165, 1.54) is 6.08 Å². The average Bonchev–Trinajstić information content (AvgIpc) is 2.75. The van der Waals surface area contributed by atoms with Crippen LogP contribution in [0.4, 0.5) is 5.69 Å². The minimum Gasteiger partial charge on any atom is -0.425 e. The summed E-state index contributed by atoms with van der Waals surface area (Å²) in [6.45, 7) is 14.3. The van der Waals surface area contributed by atoms with E-state index in [4.69, 9.17) is 4.74 Å². The fourth-order valence-corrected chi connectivity index (χ4v) is 3.28. The number of anilines is 1. The molecule has 6 nitrogen and oxygen atoms in total. The summed E-state index contributed by atoms with van der Waals surface area (Å²) >= 11 is 0. The fourth-order valence-electron chi connectivity index (χ4n) is 3.28. The highest BCUT2D eigenvalue weighted by Crippen LogP contribution is 2.24. The number of cyclic esters (lactones) is 1. The molecule has 6 heteroatoms. The van der Waals surface area contributed by atoms with Crippen molar-refractivity contribution in [2.45, 2.75) is 19.4 Å². The van der Waals surface area contributed by atoms with Gasteiger partial charge in [-0.25, -0.2) is 4.79 Å². The lowest BCUT2D eigenvalue weighted by molar-refractivity contribution is -0.132. The predicted molar refractivity (Wildman–Crippen MR) is 120 cm³/mol. The normalized spacial score (nSPS) is 20.0. The summed E-state index contributed by atoms with van der Waals surface area (Å²) < 4.78 is 5.46. The Kier molecular flexibility index (Phi) is 7.83. The topological polar surface area (TPSA) is 66.0 Å². The first-order chi connectivity index (χ1) is 13.9. The Bertz CT molecular complexity index is 841. The van der Waals surface area contributed by atoms with Gasteiger partial charge in [-0.3, -0.25) is 4.99 Å². The highest BCUT2D eigenvalue weighted by Gasteiger charge is 2.28. The molecule has 0 saturated carbocycles. The van der Waals surface area contributed by atoms with Gasteiger partial charge >= 0.3 is 5.97 Å². The van der Waals surface area contributed by atoms with Gasteiger partial charge in [-0.15, -0.1) is 0 Å². The van der Waals surface area contributed by atoms with E-state index in [1.54, 1.807) is 0 Å². The molecule has 29 heavy (non-hydrogen) atoms. The van der Waals surface area contributed by atoms with Gasteiger partial charge in [-0.05, 0) is 24.5 Å². The Morgan fingerprint density at radius 3 is 2.79 bits per heavy atom. The van der Waals surface area contributed by atoms with Gasteiger partial charge in [-0.1, -0.05) is 44.9 Å². The number of rotatable bonds is 7. The molecular weight excluding hydrogens is 364 g/mol. The number of esters is 1. The van der Waals surface area contributed by atoms with Crippen molar-refractivity contribution < 1.29 is 9.53 Å². The van der Waals surface area contributed by atoms with Gasteiger partial charge in [0.15, 0.2) is 0 Å². The van der Waals surface area contributed by atoms with E-state index in [1.807, 2.05) is 55.7 Å². The summed E-state index contributed by atoms with van der Waals surface area (Å²) in [6, 6.07) is 7.75. The van der Waals surface area contributed by atoms with Gasteiger partial charge in [0.1, 0.15) is 11.5 Å². The molecule has 0 aromatic heterocycles. The quantitative estimate of drug-likeness (QED) is 0.689. The molecule has 0 amide bonds. The van der Waals surface area contributed by atoms with Crippen molar-refractivity contribution >= 4 is 23.1 Å². The maximum Gasteiger partial charge on any atom is 0.361 e. The van der Waals surface area contributed by atoms with Gasteiger partial charge in [0.05, 0.1) is 6.04 Å². The monoisotopic (exact) mass is 394 g/mol. The minimum absolute atomic E-state index is 0.168. The number of hydrogen-bond acceptors (Lipinski definition) is 6. The fraction of sp³-hybridized carbons (Fsp3) is 0.304. The minimum atomic E-state index is -0.515. The zero-order valence-corrected chi connectivity index (χ0v) is 17.4. The van der Waals surface area contributed by atoms with Gasteiger partial charge in [0.25, 0.3) is 0 Å². The Hall–Kier alpha value is -3.28. The summed E-state index contributed by atoms with van der Waals surface area (Å²) in [5.74, 6) is 0.0726. The molecule has 1 aliphatic heterocycles. The Morgan fingerprint density at radius 1 is 1.38 bits per heavy atom. The van der Waals surface area contributed by atoms with Gasteiger partial charge in [-0.2, -0.15) is 0 Å². The number of carbonyl (C=O) groups excluding carboxylic acids is 1. The molecule has 2 rings (SSSR count). The van der Waals surface area contributed by atoms with Crippen LogP contribution in [0.15, 0.2) is 73.2 Å². The molecule has 0 saturated heterocycles. The molecule has 0 spiro atoms. The van der Waals surface area contributed by atoms with Crippen LogP contribution in [0.2, 0.25) is 0 Å². The Balaban J connectivity index is 2.13. The molecule has 154 valence electrons. The Labute approximate surface area is 173 Å². The smallest absolute Gasteiger partial charge is 0.361 e. The molecule has 2 unspecified atom stereocenters. The zero-order valence-electron chi connectivity index (χ0n) is 17.4. The first kappa shape index (κ1) is 22.0. The third kappa shape index (κ3) is 5.60. The number of hydrogen-bond donors (Lipinski definition) is 2. The summed E-state index contributed by atoms with van der Waals surface area (Å²) in [4.78, 5) is 18.5. The molecule has 0 radical (unpaired) electrons.